The summed E-state index contributed by atoms with van der Waals surface area (Å²) in [6.45, 7) is 0. The van der Waals surface area contributed by atoms with Crippen LogP contribution >= 0.6 is 11.6 Å². The number of carbonyl (C=O) groups excluding carboxylic acids is 1. The van der Waals surface area contributed by atoms with Gasteiger partial charge in [0, 0.05) is 5.92 Å². The Morgan fingerprint density at radius 1 is 1.11 bits per heavy atom. The van der Waals surface area contributed by atoms with Crippen LogP contribution in [0.2, 0.25) is 0 Å². The molecule has 2 aliphatic rings. The largest absolute Gasteiger partial charge is 0.272 e. The maximum Gasteiger partial charge on any atom is 0.258 e. The minimum Gasteiger partial charge on any atom is -0.272 e. The lowest BCUT2D eigenvalue weighted by Gasteiger charge is -2.29. The van der Waals surface area contributed by atoms with E-state index in [1.807, 2.05) is 6.08 Å². The zero-order valence-electron chi connectivity index (χ0n) is 15.1. The minimum atomic E-state index is -0.321. The highest BCUT2D eigenvalue weighted by atomic mass is 35.5. The Bertz CT molecular complexity index is 938. The number of carbonyl (C=O) groups is 1. The highest BCUT2D eigenvalue weighted by Gasteiger charge is 2.43. The molecule has 2 aromatic rings. The van der Waals surface area contributed by atoms with Crippen LogP contribution in [0.4, 0.5) is 8.78 Å². The van der Waals surface area contributed by atoms with E-state index in [9.17, 15) is 13.6 Å². The maximum absolute atomic E-state index is 13.4. The first-order chi connectivity index (χ1) is 13.6. The molecule has 0 radical (unpaired) electrons. The van der Waals surface area contributed by atoms with Crippen molar-refractivity contribution in [2.24, 2.45) is 11.0 Å². The van der Waals surface area contributed by atoms with Crippen LogP contribution in [-0.2, 0) is 4.79 Å². The highest BCUT2D eigenvalue weighted by molar-refractivity contribution is 6.27. The molecule has 0 N–H and O–H groups in total. The van der Waals surface area contributed by atoms with Crippen molar-refractivity contribution in [2.75, 3.05) is 5.88 Å². The van der Waals surface area contributed by atoms with E-state index < -0.39 is 0 Å². The summed E-state index contributed by atoms with van der Waals surface area (Å²) in [5, 5.41) is 6.08. The number of allylic oxidation sites excluding steroid dienone is 1. The lowest BCUT2D eigenvalue weighted by atomic mass is 9.77. The highest BCUT2D eigenvalue weighted by Crippen LogP contribution is 2.44. The monoisotopic (exact) mass is 400 g/mol. The smallest absolute Gasteiger partial charge is 0.258 e. The molecule has 1 amide bonds. The number of hydrazone groups is 1. The third-order valence-electron chi connectivity index (χ3n) is 5.29. The third kappa shape index (κ3) is 3.59. The summed E-state index contributed by atoms with van der Waals surface area (Å²) in [7, 11) is 0. The molecule has 0 spiro atoms. The fraction of sp³-hybridized carbons (Fsp3) is 0.273. The molecule has 0 bridgehead atoms. The molecule has 3 nitrogen and oxygen atoms in total. The van der Waals surface area contributed by atoms with Gasteiger partial charge in [0.1, 0.15) is 17.5 Å². The number of benzene rings is 2. The molecule has 2 atom stereocenters. The number of fused-ring (bicyclic) bond motifs is 1. The average Bonchev–Trinajstić information content (AvgIpc) is 3.10. The molecule has 6 heteroatoms. The van der Waals surface area contributed by atoms with E-state index in [2.05, 4.69) is 5.10 Å². The summed E-state index contributed by atoms with van der Waals surface area (Å²) in [6, 6.07) is 12.2. The molecule has 1 fully saturated rings. The molecule has 0 unspecified atom stereocenters. The summed E-state index contributed by atoms with van der Waals surface area (Å²) in [5.74, 6) is -1.02. The standard InChI is InChI=1S/C22H19ClF2N2O/c23-13-20(28)27-22(15-6-10-18(25)11-7-15)19-3-1-2-16(21(19)26-27)12-14-4-8-17(24)9-5-14/h4-12,19,22H,1-3,13H2/b16-12-/t19-,22+/m0/s1. The molecule has 1 aliphatic carbocycles. The van der Waals surface area contributed by atoms with E-state index in [0.29, 0.717) is 0 Å². The third-order valence-corrected chi connectivity index (χ3v) is 5.52. The van der Waals surface area contributed by atoms with Gasteiger partial charge in [-0.2, -0.15) is 5.10 Å². The number of nitrogens with zero attached hydrogens (tertiary/aromatic N) is 2. The summed E-state index contributed by atoms with van der Waals surface area (Å²) in [6.07, 6.45) is 4.68. The molecule has 28 heavy (non-hydrogen) atoms. The van der Waals surface area contributed by atoms with Crippen molar-refractivity contribution in [2.45, 2.75) is 25.3 Å². The minimum absolute atomic E-state index is 0.0260. The van der Waals surface area contributed by atoms with E-state index in [4.69, 9.17) is 11.6 Å². The predicted molar refractivity (Wildman–Crippen MR) is 106 cm³/mol. The van der Waals surface area contributed by atoms with E-state index in [1.165, 1.54) is 29.3 Å². The van der Waals surface area contributed by atoms with Crippen LogP contribution in [0.5, 0.6) is 0 Å². The van der Waals surface area contributed by atoms with E-state index >= 15 is 0 Å². The van der Waals surface area contributed by atoms with Crippen LogP contribution in [0.3, 0.4) is 0 Å². The maximum atomic E-state index is 13.4. The zero-order chi connectivity index (χ0) is 19.7. The summed E-state index contributed by atoms with van der Waals surface area (Å²) in [5.41, 5.74) is 3.63. The Morgan fingerprint density at radius 3 is 2.39 bits per heavy atom. The Morgan fingerprint density at radius 2 is 1.75 bits per heavy atom. The van der Waals surface area contributed by atoms with Gasteiger partial charge >= 0.3 is 0 Å². The average molecular weight is 401 g/mol. The molecule has 144 valence electrons. The van der Waals surface area contributed by atoms with E-state index in [0.717, 1.165) is 41.7 Å². The first-order valence-electron chi connectivity index (χ1n) is 9.25. The second-order valence-electron chi connectivity index (χ2n) is 7.07. The Balaban J connectivity index is 1.73. The number of halogens is 3. The van der Waals surface area contributed by atoms with Crippen molar-refractivity contribution in [3.05, 3.63) is 76.9 Å². The van der Waals surface area contributed by atoms with Gasteiger partial charge in [-0.1, -0.05) is 24.3 Å². The molecule has 0 saturated heterocycles. The van der Waals surface area contributed by atoms with Gasteiger partial charge in [0.15, 0.2) is 0 Å². The Hall–Kier alpha value is -2.53. The molecule has 2 aromatic carbocycles. The van der Waals surface area contributed by atoms with E-state index in [-0.39, 0.29) is 35.4 Å². The second-order valence-corrected chi connectivity index (χ2v) is 7.34. The molecular formula is C22H19ClF2N2O. The van der Waals surface area contributed by atoms with Crippen molar-refractivity contribution in [3.63, 3.8) is 0 Å². The number of amides is 1. The van der Waals surface area contributed by atoms with Crippen LogP contribution < -0.4 is 0 Å². The molecule has 1 heterocycles. The lowest BCUT2D eigenvalue weighted by Crippen LogP contribution is -2.32. The molecular weight excluding hydrogens is 382 g/mol. The van der Waals surface area contributed by atoms with Crippen molar-refractivity contribution in [3.8, 4) is 0 Å². The van der Waals surface area contributed by atoms with Gasteiger partial charge in [-0.25, -0.2) is 13.8 Å². The molecule has 4 rings (SSSR count). The number of rotatable bonds is 3. The van der Waals surface area contributed by atoms with Gasteiger partial charge in [-0.05, 0) is 66.3 Å². The normalized spacial score (nSPS) is 22.9. The van der Waals surface area contributed by atoms with Crippen molar-refractivity contribution in [1.82, 2.24) is 5.01 Å². The van der Waals surface area contributed by atoms with Gasteiger partial charge in [-0.3, -0.25) is 4.79 Å². The molecule has 0 aromatic heterocycles. The fourth-order valence-corrected chi connectivity index (χ4v) is 4.14. The summed E-state index contributed by atoms with van der Waals surface area (Å²) < 4.78 is 26.6. The summed E-state index contributed by atoms with van der Waals surface area (Å²) in [4.78, 5) is 12.5. The van der Waals surface area contributed by atoms with Crippen molar-refractivity contribution >= 4 is 29.3 Å². The van der Waals surface area contributed by atoms with Crippen LogP contribution in [0.25, 0.3) is 6.08 Å². The topological polar surface area (TPSA) is 32.7 Å². The van der Waals surface area contributed by atoms with E-state index in [1.54, 1.807) is 24.3 Å². The quantitative estimate of drug-likeness (QED) is 0.641. The van der Waals surface area contributed by atoms with Crippen LogP contribution in [-0.4, -0.2) is 22.5 Å². The molecule has 1 aliphatic heterocycles. The van der Waals surface area contributed by atoms with Gasteiger partial charge in [0.05, 0.1) is 11.8 Å². The van der Waals surface area contributed by atoms with Crippen molar-refractivity contribution in [1.29, 1.82) is 0 Å². The van der Waals surface area contributed by atoms with Crippen molar-refractivity contribution < 1.29 is 13.6 Å². The Kier molecular flexibility index (Phi) is 5.27. The van der Waals surface area contributed by atoms with Crippen LogP contribution in [0.15, 0.2) is 59.2 Å². The number of hydrogen-bond acceptors (Lipinski definition) is 2. The fourth-order valence-electron chi connectivity index (χ4n) is 4.02. The first-order valence-corrected chi connectivity index (χ1v) is 9.79. The van der Waals surface area contributed by atoms with Crippen LogP contribution in [0.1, 0.15) is 36.4 Å². The number of hydrogen-bond donors (Lipinski definition) is 0. The second kappa shape index (κ2) is 7.84. The summed E-state index contributed by atoms with van der Waals surface area (Å²) >= 11 is 5.82. The lowest BCUT2D eigenvalue weighted by molar-refractivity contribution is -0.130. The number of alkyl halides is 1. The van der Waals surface area contributed by atoms with Crippen LogP contribution in [0, 0.1) is 17.6 Å². The predicted octanol–water partition coefficient (Wildman–Crippen LogP) is 5.33. The van der Waals surface area contributed by atoms with Gasteiger partial charge in [-0.15, -0.1) is 11.6 Å². The van der Waals surface area contributed by atoms with Gasteiger partial charge in [0.2, 0.25) is 0 Å². The first kappa shape index (κ1) is 18.8. The SMILES string of the molecule is O=C(CCl)N1N=C2/C(=C\c3ccc(F)cc3)CCC[C@@H]2[C@H]1c1ccc(F)cc1. The van der Waals surface area contributed by atoms with Gasteiger partial charge in [0.25, 0.3) is 5.91 Å². The zero-order valence-corrected chi connectivity index (χ0v) is 15.9. The van der Waals surface area contributed by atoms with Gasteiger partial charge < -0.3 is 0 Å². The Labute approximate surface area is 167 Å². The molecule has 1 saturated carbocycles.